The van der Waals surface area contributed by atoms with Gasteiger partial charge in [0.25, 0.3) is 0 Å². The predicted molar refractivity (Wildman–Crippen MR) is 93.3 cm³/mol. The van der Waals surface area contributed by atoms with Gasteiger partial charge in [-0.05, 0) is 50.6 Å². The van der Waals surface area contributed by atoms with Gasteiger partial charge in [-0.15, -0.1) is 0 Å². The molecule has 132 valence electrons. The normalized spacial score (nSPS) is 19.5. The van der Waals surface area contributed by atoms with Crippen molar-refractivity contribution in [3.63, 3.8) is 0 Å². The highest BCUT2D eigenvalue weighted by Crippen LogP contribution is 2.34. The Balaban J connectivity index is 1.77. The van der Waals surface area contributed by atoms with Crippen molar-refractivity contribution in [2.24, 2.45) is 0 Å². The number of hydrogen-bond acceptors (Lipinski definition) is 3. The maximum Gasteiger partial charge on any atom is 0.328 e. The summed E-state index contributed by atoms with van der Waals surface area (Å²) < 4.78 is 17.4. The van der Waals surface area contributed by atoms with Crippen LogP contribution in [0.1, 0.15) is 30.9 Å². The molecule has 3 heterocycles. The Hall–Kier alpha value is -2.41. The van der Waals surface area contributed by atoms with E-state index in [0.717, 1.165) is 37.0 Å². The van der Waals surface area contributed by atoms with Crippen molar-refractivity contribution in [1.82, 2.24) is 15.2 Å². The molecular weight excluding hydrogens is 323 g/mol. The molecule has 2 aliphatic heterocycles. The fourth-order valence-corrected chi connectivity index (χ4v) is 3.88. The van der Waals surface area contributed by atoms with Gasteiger partial charge in [-0.2, -0.15) is 0 Å². The predicted octanol–water partition coefficient (Wildman–Crippen LogP) is 2.46. The van der Waals surface area contributed by atoms with E-state index in [1.807, 2.05) is 19.2 Å². The molecule has 2 aliphatic rings. The lowest BCUT2D eigenvalue weighted by Crippen LogP contribution is -2.49. The van der Waals surface area contributed by atoms with Crippen molar-refractivity contribution in [2.75, 3.05) is 24.5 Å². The summed E-state index contributed by atoms with van der Waals surface area (Å²) in [6.07, 6.45) is 4.22. The summed E-state index contributed by atoms with van der Waals surface area (Å²) in [4.78, 5) is 24.7. The summed E-state index contributed by atoms with van der Waals surface area (Å²) in [5.41, 5.74) is 1.95. The Morgan fingerprint density at radius 3 is 2.68 bits per heavy atom. The summed E-state index contributed by atoms with van der Waals surface area (Å²) in [6.45, 7) is 4.02. The third-order valence-electron chi connectivity index (χ3n) is 5.15. The third kappa shape index (κ3) is 2.68. The average Bonchev–Trinajstić information content (AvgIpc) is 2.94. The van der Waals surface area contributed by atoms with Gasteiger partial charge in [-0.25, -0.2) is 9.18 Å². The average molecular weight is 344 g/mol. The van der Waals surface area contributed by atoms with Crippen LogP contribution in [0.5, 0.6) is 0 Å². The maximum absolute atomic E-state index is 15.2. The molecule has 0 atom stereocenters. The highest BCUT2D eigenvalue weighted by atomic mass is 19.1. The van der Waals surface area contributed by atoms with E-state index in [4.69, 9.17) is 0 Å². The van der Waals surface area contributed by atoms with Crippen molar-refractivity contribution in [2.45, 2.75) is 32.2 Å². The summed E-state index contributed by atoms with van der Waals surface area (Å²) in [5.74, 6) is -0.719. The molecule has 2 fully saturated rings. The van der Waals surface area contributed by atoms with Crippen LogP contribution >= 0.6 is 0 Å². The van der Waals surface area contributed by atoms with Crippen LogP contribution < -0.4 is 15.5 Å². The lowest BCUT2D eigenvalue weighted by Gasteiger charge is -2.27. The first kappa shape index (κ1) is 16.1. The van der Waals surface area contributed by atoms with Crippen LogP contribution in [0.2, 0.25) is 0 Å². The molecule has 2 aromatic rings. The Morgan fingerprint density at radius 1 is 1.20 bits per heavy atom. The molecule has 1 aromatic carbocycles. The monoisotopic (exact) mass is 344 g/mol. The van der Waals surface area contributed by atoms with Crippen LogP contribution in [0.15, 0.2) is 18.3 Å². The number of imide groups is 1. The second-order valence-corrected chi connectivity index (χ2v) is 6.75. The van der Waals surface area contributed by atoms with Crippen molar-refractivity contribution in [3.8, 4) is 0 Å². The first-order chi connectivity index (χ1) is 12.1. The van der Waals surface area contributed by atoms with E-state index >= 15 is 4.39 Å². The Bertz CT molecular complexity index is 854. The SMILES string of the molecule is Cc1cn(C2CCNCC2)c2ccc(N3CCC(=O)NC3=O)c(F)c12. The molecule has 0 bridgehead atoms. The lowest BCUT2D eigenvalue weighted by atomic mass is 10.1. The van der Waals surface area contributed by atoms with Gasteiger partial charge < -0.3 is 9.88 Å². The zero-order valence-electron chi connectivity index (χ0n) is 14.1. The number of hydrogen-bond donors (Lipinski definition) is 2. The van der Waals surface area contributed by atoms with E-state index in [1.165, 1.54) is 4.90 Å². The Kier molecular flexibility index (Phi) is 3.95. The van der Waals surface area contributed by atoms with Crippen molar-refractivity contribution in [1.29, 1.82) is 0 Å². The molecule has 2 N–H and O–H groups in total. The number of carbonyl (C=O) groups excluding carboxylic acids is 2. The molecule has 1 aromatic heterocycles. The molecule has 0 radical (unpaired) electrons. The second-order valence-electron chi connectivity index (χ2n) is 6.75. The first-order valence-corrected chi connectivity index (χ1v) is 8.68. The van der Waals surface area contributed by atoms with Crippen LogP contribution in [0.25, 0.3) is 10.9 Å². The fourth-order valence-electron chi connectivity index (χ4n) is 3.88. The quantitative estimate of drug-likeness (QED) is 0.879. The van der Waals surface area contributed by atoms with Gasteiger partial charge >= 0.3 is 6.03 Å². The summed E-state index contributed by atoms with van der Waals surface area (Å²) in [7, 11) is 0. The van der Waals surface area contributed by atoms with E-state index in [9.17, 15) is 9.59 Å². The zero-order valence-corrected chi connectivity index (χ0v) is 14.1. The largest absolute Gasteiger partial charge is 0.344 e. The van der Waals surface area contributed by atoms with E-state index in [2.05, 4.69) is 15.2 Å². The number of urea groups is 1. The Labute approximate surface area is 145 Å². The molecule has 4 rings (SSSR count). The number of aromatic nitrogens is 1. The highest BCUT2D eigenvalue weighted by Gasteiger charge is 2.28. The van der Waals surface area contributed by atoms with Gasteiger partial charge in [0.15, 0.2) is 5.82 Å². The minimum atomic E-state index is -0.565. The molecule has 6 nitrogen and oxygen atoms in total. The molecular formula is C18H21FN4O2. The lowest BCUT2D eigenvalue weighted by molar-refractivity contribution is -0.120. The van der Waals surface area contributed by atoms with Gasteiger partial charge in [0, 0.05) is 30.6 Å². The molecule has 25 heavy (non-hydrogen) atoms. The van der Waals surface area contributed by atoms with Gasteiger partial charge in [0.2, 0.25) is 5.91 Å². The van der Waals surface area contributed by atoms with Crippen LogP contribution in [0, 0.1) is 12.7 Å². The van der Waals surface area contributed by atoms with Gasteiger partial charge in [-0.3, -0.25) is 15.0 Å². The van der Waals surface area contributed by atoms with Crippen LogP contribution in [-0.2, 0) is 4.79 Å². The third-order valence-corrected chi connectivity index (χ3v) is 5.15. The van der Waals surface area contributed by atoms with Gasteiger partial charge in [-0.1, -0.05) is 0 Å². The maximum atomic E-state index is 15.2. The molecule has 7 heteroatoms. The molecule has 0 saturated carbocycles. The topological polar surface area (TPSA) is 66.4 Å². The molecule has 3 amide bonds. The number of aryl methyl sites for hydroxylation is 1. The van der Waals surface area contributed by atoms with E-state index in [1.54, 1.807) is 6.07 Å². The summed E-state index contributed by atoms with van der Waals surface area (Å²) >= 11 is 0. The minimum absolute atomic E-state index is 0.179. The molecule has 0 aliphatic carbocycles. The van der Waals surface area contributed by atoms with E-state index in [-0.39, 0.29) is 24.6 Å². The van der Waals surface area contributed by atoms with Crippen LogP contribution in [0.3, 0.4) is 0 Å². The second kappa shape index (κ2) is 6.15. The number of anilines is 1. The first-order valence-electron chi connectivity index (χ1n) is 8.68. The number of nitrogens with zero attached hydrogens (tertiary/aromatic N) is 2. The van der Waals surface area contributed by atoms with E-state index < -0.39 is 11.8 Å². The van der Waals surface area contributed by atoms with Crippen molar-refractivity contribution < 1.29 is 14.0 Å². The Morgan fingerprint density at radius 2 is 1.96 bits per heavy atom. The summed E-state index contributed by atoms with van der Waals surface area (Å²) in [5, 5.41) is 6.15. The number of nitrogens with one attached hydrogen (secondary N) is 2. The van der Waals surface area contributed by atoms with Crippen LogP contribution in [-0.4, -0.2) is 36.1 Å². The highest BCUT2D eigenvalue weighted by molar-refractivity contribution is 6.06. The van der Waals surface area contributed by atoms with E-state index in [0.29, 0.717) is 11.4 Å². The number of carbonyl (C=O) groups is 2. The number of piperidine rings is 1. The number of halogens is 1. The van der Waals surface area contributed by atoms with Crippen molar-refractivity contribution in [3.05, 3.63) is 29.7 Å². The number of amides is 3. The molecule has 2 saturated heterocycles. The van der Waals surface area contributed by atoms with Crippen molar-refractivity contribution >= 4 is 28.5 Å². The van der Waals surface area contributed by atoms with Gasteiger partial charge in [0.1, 0.15) is 0 Å². The van der Waals surface area contributed by atoms with Crippen LogP contribution in [0.4, 0.5) is 14.9 Å². The molecule has 0 unspecified atom stereocenters. The number of rotatable bonds is 2. The smallest absolute Gasteiger partial charge is 0.328 e. The molecule has 0 spiro atoms. The number of benzene rings is 1. The fraction of sp³-hybridized carbons (Fsp3) is 0.444. The minimum Gasteiger partial charge on any atom is -0.344 e. The summed E-state index contributed by atoms with van der Waals surface area (Å²) in [6, 6.07) is 3.32. The van der Waals surface area contributed by atoms with Gasteiger partial charge in [0.05, 0.1) is 11.2 Å². The zero-order chi connectivity index (χ0) is 17.6. The standard InChI is InChI=1S/C18H21FN4O2/c1-11-10-23(12-4-7-20-8-5-12)13-2-3-14(17(19)16(11)13)22-9-6-15(24)21-18(22)25/h2-3,10,12,20H,4-9H2,1H3,(H,21,24,25). The number of fused-ring (bicyclic) bond motifs is 1.